The number of hydrazine groups is 1. The first-order valence-electron chi connectivity index (χ1n) is 3.20. The topological polar surface area (TPSA) is 92.1 Å². The summed E-state index contributed by atoms with van der Waals surface area (Å²) in [6, 6.07) is 1.14. The molecule has 0 saturated heterocycles. The summed E-state index contributed by atoms with van der Waals surface area (Å²) in [4.78, 5) is 27.3. The molecule has 1 aromatic heterocycles. The van der Waals surface area contributed by atoms with Crippen LogP contribution in [0.25, 0.3) is 0 Å². The molecule has 13 heavy (non-hydrogen) atoms. The van der Waals surface area contributed by atoms with Crippen LogP contribution in [0.2, 0.25) is 0 Å². The number of halogens is 1. The molecule has 0 atom stereocenters. The second-order valence-electron chi connectivity index (χ2n) is 2.20. The number of aromatic nitrogens is 2. The molecule has 7 heteroatoms. The van der Waals surface area contributed by atoms with Crippen molar-refractivity contribution in [1.29, 1.82) is 0 Å². The van der Waals surface area contributed by atoms with E-state index in [-0.39, 0.29) is 23.8 Å². The molecule has 1 aromatic rings. The maximum absolute atomic E-state index is 10.8. The fraction of sp³-hybridized carbons (Fsp3) is 0.167. The second kappa shape index (κ2) is 4.58. The molecular weight excluding hydrogens is 196 g/mol. The van der Waals surface area contributed by atoms with Crippen LogP contribution in [0.4, 0.5) is 5.82 Å². The average Bonchev–Trinajstić information content (AvgIpc) is 2.01. The van der Waals surface area contributed by atoms with Crippen LogP contribution in [0.3, 0.4) is 0 Å². The van der Waals surface area contributed by atoms with Crippen molar-refractivity contribution in [3.05, 3.63) is 22.2 Å². The number of carbonyl (C=O) groups excluding carboxylic acids is 1. The van der Waals surface area contributed by atoms with Crippen LogP contribution in [-0.4, -0.2) is 16.4 Å². The Balaban J connectivity index is 0.00000144. The van der Waals surface area contributed by atoms with Gasteiger partial charge >= 0.3 is 0 Å². The number of aryl methyl sites for hydroxylation is 1. The summed E-state index contributed by atoms with van der Waals surface area (Å²) < 4.78 is 0. The van der Waals surface area contributed by atoms with Crippen LogP contribution in [0.15, 0.2) is 10.9 Å². The minimum atomic E-state index is -0.338. The van der Waals surface area contributed by atoms with Gasteiger partial charge in [-0.3, -0.25) is 9.59 Å². The van der Waals surface area contributed by atoms with E-state index in [9.17, 15) is 9.59 Å². The van der Waals surface area contributed by atoms with E-state index in [0.717, 1.165) is 11.1 Å². The predicted molar refractivity (Wildman–Crippen MR) is 49.6 cm³/mol. The average molecular weight is 205 g/mol. The van der Waals surface area contributed by atoms with Gasteiger partial charge in [-0.2, -0.15) is 0 Å². The molecule has 0 aliphatic rings. The zero-order valence-electron chi connectivity index (χ0n) is 6.85. The number of hydrogen-bond acceptors (Lipinski definition) is 4. The van der Waals surface area contributed by atoms with Gasteiger partial charge in [0.1, 0.15) is 5.82 Å². The van der Waals surface area contributed by atoms with Gasteiger partial charge in [-0.15, -0.1) is 12.4 Å². The normalized spacial score (nSPS) is 8.77. The molecule has 0 bridgehead atoms. The molecule has 1 amide bonds. The van der Waals surface area contributed by atoms with Crippen molar-refractivity contribution in [3.8, 4) is 0 Å². The molecule has 6 nitrogen and oxygen atoms in total. The second-order valence-corrected chi connectivity index (χ2v) is 2.20. The van der Waals surface area contributed by atoms with Gasteiger partial charge in [-0.25, -0.2) is 15.8 Å². The summed E-state index contributed by atoms with van der Waals surface area (Å²) >= 11 is 0. The fourth-order valence-electron chi connectivity index (χ4n) is 0.750. The monoisotopic (exact) mass is 204 g/mol. The lowest BCUT2D eigenvalue weighted by molar-refractivity contribution is -0.107. The number of H-pyrrole nitrogens is 1. The van der Waals surface area contributed by atoms with Gasteiger partial charge in [0.05, 0.1) is 0 Å². The van der Waals surface area contributed by atoms with E-state index in [1.54, 1.807) is 6.92 Å². The number of hydrogen-bond donors (Lipinski definition) is 2. The van der Waals surface area contributed by atoms with Crippen molar-refractivity contribution < 1.29 is 4.79 Å². The summed E-state index contributed by atoms with van der Waals surface area (Å²) in [5.41, 5.74) is -0.338. The molecule has 0 fully saturated rings. The molecular formula is C6H9ClN4O2. The van der Waals surface area contributed by atoms with E-state index in [4.69, 9.17) is 5.84 Å². The number of aromatic amines is 1. The third-order valence-electron chi connectivity index (χ3n) is 1.22. The number of nitrogens with zero attached hydrogens (tertiary/aromatic N) is 2. The van der Waals surface area contributed by atoms with E-state index in [2.05, 4.69) is 9.97 Å². The Hall–Kier alpha value is -1.40. The van der Waals surface area contributed by atoms with Crippen LogP contribution >= 0.6 is 12.4 Å². The summed E-state index contributed by atoms with van der Waals surface area (Å²) in [5.74, 6) is 5.72. The summed E-state index contributed by atoms with van der Waals surface area (Å²) in [5, 5.41) is 0.738. The Kier molecular flexibility index (Phi) is 4.09. The standard InChI is InChI=1S/C6H8N4O2.ClH/c1-4-8-5(10(7)3-11)2-6(12)9-4;/h2-3H,7H2,1H3,(H,8,9,12);1H. The Morgan fingerprint density at radius 3 is 2.77 bits per heavy atom. The Morgan fingerprint density at radius 1 is 1.69 bits per heavy atom. The van der Waals surface area contributed by atoms with E-state index in [1.807, 2.05) is 0 Å². The van der Waals surface area contributed by atoms with E-state index >= 15 is 0 Å². The highest BCUT2D eigenvalue weighted by molar-refractivity contribution is 5.85. The van der Waals surface area contributed by atoms with Gasteiger partial charge in [0, 0.05) is 6.07 Å². The number of anilines is 1. The molecule has 0 aliphatic carbocycles. The first-order valence-corrected chi connectivity index (χ1v) is 3.20. The highest BCUT2D eigenvalue weighted by Crippen LogP contribution is 1.99. The molecule has 0 saturated carbocycles. The zero-order chi connectivity index (χ0) is 9.14. The summed E-state index contributed by atoms with van der Waals surface area (Å²) in [7, 11) is 0. The van der Waals surface area contributed by atoms with Crippen molar-refractivity contribution in [2.75, 3.05) is 5.01 Å². The van der Waals surface area contributed by atoms with E-state index in [0.29, 0.717) is 12.2 Å². The first-order chi connectivity index (χ1) is 5.63. The predicted octanol–water partition coefficient (Wildman–Crippen LogP) is -0.663. The molecule has 0 aliphatic heterocycles. The van der Waals surface area contributed by atoms with Crippen molar-refractivity contribution in [2.45, 2.75) is 6.92 Å². The first kappa shape index (κ1) is 11.6. The van der Waals surface area contributed by atoms with Gasteiger partial charge in [-0.1, -0.05) is 0 Å². The Labute approximate surface area is 80.1 Å². The van der Waals surface area contributed by atoms with Gasteiger partial charge in [0.15, 0.2) is 5.82 Å². The van der Waals surface area contributed by atoms with Crippen molar-refractivity contribution in [3.63, 3.8) is 0 Å². The smallest absolute Gasteiger partial charge is 0.253 e. The molecule has 0 spiro atoms. The maximum atomic E-state index is 10.8. The van der Waals surface area contributed by atoms with Crippen LogP contribution in [0.5, 0.6) is 0 Å². The van der Waals surface area contributed by atoms with Gasteiger partial charge in [0.2, 0.25) is 6.41 Å². The quantitative estimate of drug-likeness (QED) is 0.289. The van der Waals surface area contributed by atoms with Gasteiger partial charge < -0.3 is 4.98 Å². The molecule has 0 aromatic carbocycles. The maximum Gasteiger partial charge on any atom is 0.253 e. The van der Waals surface area contributed by atoms with Crippen LogP contribution in [0.1, 0.15) is 5.82 Å². The number of amides is 1. The minimum absolute atomic E-state index is 0. The number of rotatable bonds is 2. The lowest BCUT2D eigenvalue weighted by Gasteiger charge is -2.07. The highest BCUT2D eigenvalue weighted by Gasteiger charge is 2.02. The number of nitrogens with one attached hydrogen (secondary N) is 1. The van der Waals surface area contributed by atoms with E-state index < -0.39 is 0 Å². The lowest BCUT2D eigenvalue weighted by Crippen LogP contribution is -2.31. The van der Waals surface area contributed by atoms with E-state index in [1.165, 1.54) is 0 Å². The SMILES string of the molecule is Cc1nc(N(N)C=O)cc(=O)[nH]1.Cl. The number of carbonyl (C=O) groups is 1. The minimum Gasteiger partial charge on any atom is -0.311 e. The largest absolute Gasteiger partial charge is 0.311 e. The molecule has 0 unspecified atom stereocenters. The van der Waals surface area contributed by atoms with Crippen LogP contribution < -0.4 is 16.4 Å². The molecule has 3 N–H and O–H groups in total. The molecule has 0 radical (unpaired) electrons. The van der Waals surface area contributed by atoms with Crippen molar-refractivity contribution in [1.82, 2.24) is 9.97 Å². The summed E-state index contributed by atoms with van der Waals surface area (Å²) in [6.45, 7) is 1.60. The third kappa shape index (κ3) is 2.85. The molecule has 1 heterocycles. The van der Waals surface area contributed by atoms with Crippen molar-refractivity contribution in [2.24, 2.45) is 5.84 Å². The van der Waals surface area contributed by atoms with Crippen molar-refractivity contribution >= 4 is 24.6 Å². The number of nitrogens with two attached hydrogens (primary N) is 1. The Bertz CT molecular complexity index is 351. The van der Waals surface area contributed by atoms with Crippen LogP contribution in [0, 0.1) is 6.92 Å². The highest BCUT2D eigenvalue weighted by atomic mass is 35.5. The van der Waals surface area contributed by atoms with Crippen LogP contribution in [-0.2, 0) is 4.79 Å². The molecule has 72 valence electrons. The Morgan fingerprint density at radius 2 is 2.31 bits per heavy atom. The third-order valence-corrected chi connectivity index (χ3v) is 1.22. The van der Waals surface area contributed by atoms with Gasteiger partial charge in [-0.05, 0) is 6.92 Å². The zero-order valence-corrected chi connectivity index (χ0v) is 7.67. The molecule has 1 rings (SSSR count). The fourth-order valence-corrected chi connectivity index (χ4v) is 0.750. The lowest BCUT2D eigenvalue weighted by atomic mass is 10.5. The van der Waals surface area contributed by atoms with Gasteiger partial charge in [0.25, 0.3) is 5.56 Å². The summed E-state index contributed by atoms with van der Waals surface area (Å²) in [6.07, 6.45) is 0.376.